The van der Waals surface area contributed by atoms with Gasteiger partial charge in [0.1, 0.15) is 13.6 Å². The second kappa shape index (κ2) is 10.00. The highest BCUT2D eigenvalue weighted by Crippen LogP contribution is 2.15. The van der Waals surface area contributed by atoms with Crippen LogP contribution in [0, 0.1) is 0 Å². The van der Waals surface area contributed by atoms with Crippen molar-refractivity contribution in [3.8, 4) is 11.1 Å². The highest BCUT2D eigenvalue weighted by Gasteiger charge is 2.21. The van der Waals surface area contributed by atoms with Gasteiger partial charge in [-0.25, -0.2) is 9.13 Å². The molecule has 12 heteroatoms. The maximum absolute atomic E-state index is 9.75. The average molecular weight is 374 g/mol. The third-order valence-corrected chi connectivity index (χ3v) is 2.57. The van der Waals surface area contributed by atoms with E-state index in [1.54, 1.807) is 0 Å². The summed E-state index contributed by atoms with van der Waals surface area (Å²) in [6.07, 6.45) is 8.36. The lowest BCUT2D eigenvalue weighted by Crippen LogP contribution is -2.30. The largest absolute Gasteiger partial charge is 0.673 e. The Kier molecular flexibility index (Phi) is 9.14. The Morgan fingerprint density at radius 1 is 0.680 bits per heavy atom. The van der Waals surface area contributed by atoms with Crippen molar-refractivity contribution in [2.45, 2.75) is 13.5 Å². The normalized spacial score (nSPS) is 11.0. The fraction of sp³-hybridized carbons (Fsp3) is 0.231. The summed E-state index contributed by atoms with van der Waals surface area (Å²) in [6.45, 7) is 3.16. The van der Waals surface area contributed by atoms with Crippen LogP contribution in [0.4, 0.5) is 34.5 Å². The van der Waals surface area contributed by atoms with Gasteiger partial charge in [0.05, 0.1) is 0 Å². The monoisotopic (exact) mass is 374 g/mol. The van der Waals surface area contributed by atoms with Gasteiger partial charge in [0.2, 0.25) is 0 Å². The average Bonchev–Trinajstić information content (AvgIpc) is 2.45. The number of aryl methyl sites for hydroxylation is 2. The molecular weight excluding hydrogens is 358 g/mol. The third kappa shape index (κ3) is 15.2. The van der Waals surface area contributed by atoms with Gasteiger partial charge in [0, 0.05) is 24.3 Å². The Hall–Kier alpha value is -2.13. The van der Waals surface area contributed by atoms with E-state index in [2.05, 4.69) is 60.5 Å². The summed E-state index contributed by atoms with van der Waals surface area (Å²) in [6, 6.07) is 8.56. The van der Waals surface area contributed by atoms with E-state index < -0.39 is 14.5 Å². The van der Waals surface area contributed by atoms with Gasteiger partial charge in [-0.2, -0.15) is 0 Å². The smallest absolute Gasteiger partial charge is 0.418 e. The minimum atomic E-state index is -6.00. The van der Waals surface area contributed by atoms with E-state index in [0.717, 1.165) is 6.54 Å². The zero-order valence-electron chi connectivity index (χ0n) is 13.4. The van der Waals surface area contributed by atoms with E-state index in [4.69, 9.17) is 0 Å². The molecule has 0 atom stereocenters. The second-order valence-electron chi connectivity index (χ2n) is 4.66. The van der Waals surface area contributed by atoms with Crippen molar-refractivity contribution in [2.24, 2.45) is 7.05 Å². The van der Waals surface area contributed by atoms with Crippen LogP contribution in [0.25, 0.3) is 11.1 Å². The fourth-order valence-corrected chi connectivity index (χ4v) is 1.55. The Balaban J connectivity index is 0.000000480. The molecule has 25 heavy (non-hydrogen) atoms. The third-order valence-electron chi connectivity index (χ3n) is 2.57. The number of hydrogen-bond acceptors (Lipinski definition) is 0. The van der Waals surface area contributed by atoms with Crippen molar-refractivity contribution < 1.29 is 43.7 Å². The van der Waals surface area contributed by atoms with E-state index in [9.17, 15) is 34.5 Å². The van der Waals surface area contributed by atoms with Gasteiger partial charge in [0.15, 0.2) is 24.8 Å². The number of hydrogen-bond donors (Lipinski definition) is 0. The van der Waals surface area contributed by atoms with Crippen LogP contribution in [0.2, 0.25) is 0 Å². The summed E-state index contributed by atoms with van der Waals surface area (Å²) in [5.74, 6) is 0. The van der Waals surface area contributed by atoms with Gasteiger partial charge in [-0.1, -0.05) is 0 Å². The molecule has 0 saturated carbocycles. The minimum absolute atomic E-state index is 1.02. The van der Waals surface area contributed by atoms with Crippen LogP contribution in [-0.2, 0) is 13.6 Å². The lowest BCUT2D eigenvalue weighted by Gasteiger charge is -1.98. The molecule has 0 fully saturated rings. The fourth-order valence-electron chi connectivity index (χ4n) is 1.55. The van der Waals surface area contributed by atoms with Gasteiger partial charge >= 0.3 is 14.5 Å². The molecule has 0 amide bonds. The first-order valence-electron chi connectivity index (χ1n) is 6.99. The Morgan fingerprint density at radius 3 is 1.24 bits per heavy atom. The first kappa shape index (κ1) is 22.9. The zero-order chi connectivity index (χ0) is 19.7. The molecule has 2 aromatic heterocycles. The molecule has 0 aliphatic heterocycles. The van der Waals surface area contributed by atoms with Gasteiger partial charge in [0.25, 0.3) is 0 Å². The maximum atomic E-state index is 9.75. The van der Waals surface area contributed by atoms with E-state index in [1.807, 2.05) is 11.6 Å². The van der Waals surface area contributed by atoms with Crippen LogP contribution in [0.15, 0.2) is 49.1 Å². The second-order valence-corrected chi connectivity index (χ2v) is 4.66. The van der Waals surface area contributed by atoms with Crippen LogP contribution < -0.4 is 9.13 Å². The van der Waals surface area contributed by atoms with Crippen molar-refractivity contribution in [2.75, 3.05) is 0 Å². The Bertz CT molecular complexity index is 588. The highest BCUT2D eigenvalue weighted by atomic mass is 19.5. The van der Waals surface area contributed by atoms with Crippen LogP contribution >= 0.6 is 0 Å². The summed E-state index contributed by atoms with van der Waals surface area (Å²) in [4.78, 5) is 0. The quantitative estimate of drug-likeness (QED) is 0.425. The summed E-state index contributed by atoms with van der Waals surface area (Å²) in [5, 5.41) is 0. The summed E-state index contributed by atoms with van der Waals surface area (Å²) < 4.78 is 82.2. The van der Waals surface area contributed by atoms with Crippen molar-refractivity contribution in [3.63, 3.8) is 0 Å². The molecule has 0 aliphatic carbocycles. The molecule has 0 spiro atoms. The molecule has 2 heterocycles. The van der Waals surface area contributed by atoms with Crippen LogP contribution in [0.5, 0.6) is 0 Å². The predicted octanol–water partition coefficient (Wildman–Crippen LogP) is 4.09. The standard InChI is InChI=1S/C13H16N2.2BF4/c1-3-15-10-6-13(7-11-15)12-4-8-14(2)9-5-12;2*2-1(3,4)5/h4-11H,3H2,1-2H3;;/q+2;2*-1. The summed E-state index contributed by atoms with van der Waals surface area (Å²) in [5.41, 5.74) is 2.52. The number of rotatable bonds is 2. The van der Waals surface area contributed by atoms with Crippen molar-refractivity contribution >= 4 is 14.5 Å². The van der Waals surface area contributed by atoms with Gasteiger partial charge in [-0.3, -0.25) is 0 Å². The van der Waals surface area contributed by atoms with Crippen LogP contribution in [0.1, 0.15) is 6.92 Å². The summed E-state index contributed by atoms with van der Waals surface area (Å²) in [7, 11) is -9.97. The molecule has 0 radical (unpaired) electrons. The van der Waals surface area contributed by atoms with E-state index in [-0.39, 0.29) is 0 Å². The van der Waals surface area contributed by atoms with Gasteiger partial charge in [-0.05, 0) is 18.1 Å². The van der Waals surface area contributed by atoms with Crippen molar-refractivity contribution in [1.82, 2.24) is 0 Å². The lowest BCUT2D eigenvalue weighted by atomic mass is 10.1. The zero-order valence-corrected chi connectivity index (χ0v) is 13.4. The topological polar surface area (TPSA) is 7.76 Å². The molecule has 2 rings (SSSR count). The highest BCUT2D eigenvalue weighted by molar-refractivity contribution is 6.50. The van der Waals surface area contributed by atoms with Crippen molar-refractivity contribution in [3.05, 3.63) is 49.1 Å². The molecule has 0 bridgehead atoms. The Labute approximate surface area is 139 Å². The molecule has 2 aromatic rings. The van der Waals surface area contributed by atoms with Crippen LogP contribution in [0.3, 0.4) is 0 Å². The first-order valence-corrected chi connectivity index (χ1v) is 6.99. The molecule has 0 aliphatic rings. The number of halogens is 8. The van der Waals surface area contributed by atoms with Crippen molar-refractivity contribution in [1.29, 1.82) is 0 Å². The number of pyridine rings is 2. The SMILES string of the molecule is CC[n+]1ccc(-c2cc[n+](C)cc2)cc1.F[B-](F)(F)F.F[B-](F)(F)F. The first-order chi connectivity index (χ1) is 11.3. The van der Waals surface area contributed by atoms with E-state index >= 15 is 0 Å². The number of nitrogens with zero attached hydrogens (tertiary/aromatic N) is 2. The Morgan fingerprint density at radius 2 is 0.960 bits per heavy atom. The van der Waals surface area contributed by atoms with E-state index in [1.165, 1.54) is 11.1 Å². The molecule has 140 valence electrons. The van der Waals surface area contributed by atoms with E-state index in [0.29, 0.717) is 0 Å². The predicted molar refractivity (Wildman–Crippen MR) is 79.3 cm³/mol. The molecule has 0 unspecified atom stereocenters. The lowest BCUT2D eigenvalue weighted by molar-refractivity contribution is -0.693. The molecule has 0 saturated heterocycles. The minimum Gasteiger partial charge on any atom is -0.418 e. The summed E-state index contributed by atoms with van der Waals surface area (Å²) >= 11 is 0. The van der Waals surface area contributed by atoms with Gasteiger partial charge in [-0.15, -0.1) is 0 Å². The molecular formula is C13H16B2F8N2. The molecule has 0 N–H and O–H groups in total. The maximum Gasteiger partial charge on any atom is 0.673 e. The van der Waals surface area contributed by atoms with Crippen LogP contribution in [-0.4, -0.2) is 14.5 Å². The van der Waals surface area contributed by atoms with Gasteiger partial charge < -0.3 is 34.5 Å². The molecule has 2 nitrogen and oxygen atoms in total. The number of aromatic nitrogens is 2. The molecule has 0 aromatic carbocycles.